The van der Waals surface area contributed by atoms with Gasteiger partial charge in [-0.15, -0.1) is 0 Å². The third-order valence-corrected chi connectivity index (χ3v) is 5.58. The summed E-state index contributed by atoms with van der Waals surface area (Å²) in [5, 5.41) is 3.88. The smallest absolute Gasteiger partial charge is 0.00675 e. The van der Waals surface area contributed by atoms with Gasteiger partial charge < -0.3 is 5.32 Å². The van der Waals surface area contributed by atoms with Crippen molar-refractivity contribution in [1.82, 2.24) is 5.32 Å². The van der Waals surface area contributed by atoms with E-state index in [-0.39, 0.29) is 0 Å². The van der Waals surface area contributed by atoms with Gasteiger partial charge in [-0.05, 0) is 55.3 Å². The third kappa shape index (κ3) is 3.73. The zero-order valence-corrected chi connectivity index (χ0v) is 13.0. The van der Waals surface area contributed by atoms with Gasteiger partial charge in [0.1, 0.15) is 0 Å². The van der Waals surface area contributed by atoms with E-state index in [9.17, 15) is 0 Å². The highest BCUT2D eigenvalue weighted by Gasteiger charge is 2.32. The molecule has 1 heteroatoms. The van der Waals surface area contributed by atoms with Crippen molar-refractivity contribution in [2.24, 2.45) is 16.7 Å². The summed E-state index contributed by atoms with van der Waals surface area (Å²) in [7, 11) is 0. The predicted molar refractivity (Wildman–Crippen MR) is 79.8 cm³/mol. The predicted octanol–water partition coefficient (Wildman–Crippen LogP) is 4.76. The van der Waals surface area contributed by atoms with Crippen LogP contribution in [0.4, 0.5) is 0 Å². The van der Waals surface area contributed by atoms with Crippen LogP contribution in [-0.4, -0.2) is 12.6 Å². The highest BCUT2D eigenvalue weighted by atomic mass is 14.9. The minimum atomic E-state index is 0.516. The minimum Gasteiger partial charge on any atom is -0.313 e. The molecule has 0 radical (unpaired) electrons. The summed E-state index contributed by atoms with van der Waals surface area (Å²) in [5.74, 6) is 0.942. The monoisotopic (exact) mass is 251 g/mol. The van der Waals surface area contributed by atoms with E-state index in [2.05, 4.69) is 33.0 Å². The fourth-order valence-electron chi connectivity index (χ4n) is 3.96. The maximum atomic E-state index is 3.88. The summed E-state index contributed by atoms with van der Waals surface area (Å²) >= 11 is 0. The van der Waals surface area contributed by atoms with E-state index in [0.717, 1.165) is 12.0 Å². The topological polar surface area (TPSA) is 12.0 Å². The van der Waals surface area contributed by atoms with Crippen molar-refractivity contribution in [1.29, 1.82) is 0 Å². The normalized spacial score (nSPS) is 32.7. The number of hydrogen-bond donors (Lipinski definition) is 1. The Labute approximate surface area is 114 Å². The Hall–Kier alpha value is -0.0400. The average Bonchev–Trinajstić information content (AvgIpc) is 2.74. The lowest BCUT2D eigenvalue weighted by Crippen LogP contribution is -2.40. The molecule has 0 heterocycles. The summed E-state index contributed by atoms with van der Waals surface area (Å²) in [6, 6.07) is 0.807. The van der Waals surface area contributed by atoms with Crippen LogP contribution in [0.2, 0.25) is 0 Å². The van der Waals surface area contributed by atoms with Gasteiger partial charge >= 0.3 is 0 Å². The van der Waals surface area contributed by atoms with Crippen LogP contribution in [0.1, 0.15) is 79.1 Å². The molecule has 0 aromatic rings. The van der Waals surface area contributed by atoms with E-state index < -0.39 is 0 Å². The average molecular weight is 251 g/mol. The van der Waals surface area contributed by atoms with Gasteiger partial charge in [0.05, 0.1) is 0 Å². The van der Waals surface area contributed by atoms with Crippen LogP contribution >= 0.6 is 0 Å². The second-order valence-corrected chi connectivity index (χ2v) is 8.31. The molecule has 0 aromatic carbocycles. The molecule has 0 atom stereocenters. The van der Waals surface area contributed by atoms with Crippen molar-refractivity contribution in [3.05, 3.63) is 0 Å². The zero-order chi connectivity index (χ0) is 13.2. The quantitative estimate of drug-likeness (QED) is 0.762. The summed E-state index contributed by atoms with van der Waals surface area (Å²) in [6.07, 6.45) is 11.4. The Kier molecular flexibility index (Phi) is 4.41. The second kappa shape index (κ2) is 5.53. The molecule has 1 nitrogen and oxygen atoms in total. The molecule has 0 aromatic heterocycles. The zero-order valence-electron chi connectivity index (χ0n) is 13.0. The number of rotatable bonds is 3. The van der Waals surface area contributed by atoms with Gasteiger partial charge in [0.15, 0.2) is 0 Å². The Morgan fingerprint density at radius 2 is 1.56 bits per heavy atom. The van der Waals surface area contributed by atoms with Crippen molar-refractivity contribution in [2.45, 2.75) is 85.1 Å². The largest absolute Gasteiger partial charge is 0.313 e. The molecular formula is C17H33N. The van der Waals surface area contributed by atoms with Crippen molar-refractivity contribution in [3.63, 3.8) is 0 Å². The Balaban J connectivity index is 1.71. The van der Waals surface area contributed by atoms with Crippen LogP contribution in [0.3, 0.4) is 0 Å². The van der Waals surface area contributed by atoms with Gasteiger partial charge in [-0.25, -0.2) is 0 Å². The highest BCUT2D eigenvalue weighted by Crippen LogP contribution is 2.39. The number of nitrogens with one attached hydrogen (secondary N) is 1. The molecule has 106 valence electrons. The highest BCUT2D eigenvalue weighted by molar-refractivity contribution is 4.87. The molecule has 2 saturated carbocycles. The molecule has 0 bridgehead atoms. The molecule has 1 N–H and O–H groups in total. The van der Waals surface area contributed by atoms with E-state index in [1.54, 1.807) is 0 Å². The van der Waals surface area contributed by atoms with Crippen LogP contribution in [0.5, 0.6) is 0 Å². The van der Waals surface area contributed by atoms with Crippen molar-refractivity contribution in [2.75, 3.05) is 6.54 Å². The standard InChI is InChI=1S/C17H33N/c1-16(2,3)14-7-9-15(10-8-14)18-13-17(4)11-5-6-12-17/h14-15,18H,5-13H2,1-4H3. The van der Waals surface area contributed by atoms with Gasteiger partial charge in [0.25, 0.3) is 0 Å². The lowest BCUT2D eigenvalue weighted by atomic mass is 9.71. The Morgan fingerprint density at radius 1 is 1.00 bits per heavy atom. The van der Waals surface area contributed by atoms with Crippen LogP contribution in [0.25, 0.3) is 0 Å². The van der Waals surface area contributed by atoms with E-state index in [1.807, 2.05) is 0 Å². The van der Waals surface area contributed by atoms with Crippen molar-refractivity contribution in [3.8, 4) is 0 Å². The SMILES string of the molecule is CC1(CNC2CCC(C(C)(C)C)CC2)CCCC1. The third-order valence-electron chi connectivity index (χ3n) is 5.58. The molecule has 0 spiro atoms. The van der Waals surface area contributed by atoms with E-state index in [4.69, 9.17) is 0 Å². The summed E-state index contributed by atoms with van der Waals surface area (Å²) in [4.78, 5) is 0. The summed E-state index contributed by atoms with van der Waals surface area (Å²) in [5.41, 5.74) is 1.13. The molecular weight excluding hydrogens is 218 g/mol. The fourth-order valence-corrected chi connectivity index (χ4v) is 3.96. The maximum Gasteiger partial charge on any atom is 0.00675 e. The Morgan fingerprint density at radius 3 is 2.06 bits per heavy atom. The first-order valence-corrected chi connectivity index (χ1v) is 8.12. The first kappa shape index (κ1) is 14.4. The molecule has 0 saturated heterocycles. The van der Waals surface area contributed by atoms with Gasteiger partial charge in [-0.1, -0.05) is 40.5 Å². The molecule has 0 unspecified atom stereocenters. The van der Waals surface area contributed by atoms with E-state index in [0.29, 0.717) is 10.8 Å². The van der Waals surface area contributed by atoms with Crippen LogP contribution in [-0.2, 0) is 0 Å². The molecule has 2 aliphatic rings. The molecule has 0 aliphatic heterocycles. The van der Waals surface area contributed by atoms with E-state index in [1.165, 1.54) is 57.9 Å². The first-order valence-electron chi connectivity index (χ1n) is 8.12. The van der Waals surface area contributed by atoms with Crippen molar-refractivity contribution >= 4 is 0 Å². The first-order chi connectivity index (χ1) is 8.39. The lowest BCUT2D eigenvalue weighted by Gasteiger charge is -2.38. The summed E-state index contributed by atoms with van der Waals surface area (Å²) < 4.78 is 0. The molecule has 2 rings (SSSR count). The lowest BCUT2D eigenvalue weighted by molar-refractivity contribution is 0.154. The maximum absolute atomic E-state index is 3.88. The molecule has 0 amide bonds. The van der Waals surface area contributed by atoms with Crippen LogP contribution in [0, 0.1) is 16.7 Å². The molecule has 18 heavy (non-hydrogen) atoms. The summed E-state index contributed by atoms with van der Waals surface area (Å²) in [6.45, 7) is 11.0. The van der Waals surface area contributed by atoms with Crippen molar-refractivity contribution < 1.29 is 0 Å². The number of hydrogen-bond acceptors (Lipinski definition) is 1. The second-order valence-electron chi connectivity index (χ2n) is 8.31. The minimum absolute atomic E-state index is 0.516. The van der Waals surface area contributed by atoms with E-state index >= 15 is 0 Å². The fraction of sp³-hybridized carbons (Fsp3) is 1.00. The van der Waals surface area contributed by atoms with Gasteiger partial charge in [0, 0.05) is 12.6 Å². The van der Waals surface area contributed by atoms with Gasteiger partial charge in [-0.2, -0.15) is 0 Å². The molecule has 2 fully saturated rings. The van der Waals surface area contributed by atoms with Crippen LogP contribution < -0.4 is 5.32 Å². The van der Waals surface area contributed by atoms with Crippen LogP contribution in [0.15, 0.2) is 0 Å². The van der Waals surface area contributed by atoms with Gasteiger partial charge in [0.2, 0.25) is 0 Å². The molecule has 2 aliphatic carbocycles. The Bertz CT molecular complexity index is 249. The van der Waals surface area contributed by atoms with Gasteiger partial charge in [-0.3, -0.25) is 0 Å².